The van der Waals surface area contributed by atoms with Gasteiger partial charge in [-0.05, 0) is 25.1 Å². The van der Waals surface area contributed by atoms with Crippen LogP contribution in [0.3, 0.4) is 0 Å². The Kier molecular flexibility index (Phi) is 8.76. The van der Waals surface area contributed by atoms with Crippen LogP contribution >= 0.6 is 0 Å². The summed E-state index contributed by atoms with van der Waals surface area (Å²) < 4.78 is 15.8. The molecular formula is C16H24O9. The summed E-state index contributed by atoms with van der Waals surface area (Å²) in [6.45, 7) is 1.38. The van der Waals surface area contributed by atoms with Crippen LogP contribution in [0, 0.1) is 0 Å². The summed E-state index contributed by atoms with van der Waals surface area (Å²) in [5.74, 6) is 0.416. The van der Waals surface area contributed by atoms with E-state index in [1.165, 1.54) is 25.3 Å². The van der Waals surface area contributed by atoms with Crippen molar-refractivity contribution in [3.63, 3.8) is 0 Å². The first-order chi connectivity index (χ1) is 11.9. The molecular weight excluding hydrogens is 336 g/mol. The standard InChI is InChI=1S/C14H18O8.C2H6O/c1-20-9-4-7(5-15)2-3-8(9)21-14-13(19)12(18)11(17)10(6-16)22-14;1-2-3/h2-5,10-14,16-19H,6H2,1H3;3H,2H2,1H3/t10-,11-,12+,13-,14-;/m1./s1. The number of carbonyl (C=O) groups excluding carboxylic acids is 1. The van der Waals surface area contributed by atoms with Gasteiger partial charge in [-0.1, -0.05) is 0 Å². The molecule has 5 atom stereocenters. The Morgan fingerprint density at radius 3 is 2.28 bits per heavy atom. The number of ether oxygens (including phenoxy) is 3. The molecule has 2 rings (SSSR count). The lowest BCUT2D eigenvalue weighted by Crippen LogP contribution is -2.60. The number of methoxy groups -OCH3 is 1. The average Bonchev–Trinajstić information content (AvgIpc) is 2.63. The fourth-order valence-electron chi connectivity index (χ4n) is 2.14. The molecule has 142 valence electrons. The molecule has 0 aliphatic carbocycles. The summed E-state index contributed by atoms with van der Waals surface area (Å²) in [5, 5.41) is 46.0. The lowest BCUT2D eigenvalue weighted by molar-refractivity contribution is -0.277. The van der Waals surface area contributed by atoms with Crippen LogP contribution in [0.4, 0.5) is 0 Å². The number of aldehydes is 1. The van der Waals surface area contributed by atoms with Crippen molar-refractivity contribution in [3.8, 4) is 11.5 Å². The molecule has 5 N–H and O–H groups in total. The van der Waals surface area contributed by atoms with Gasteiger partial charge in [0.2, 0.25) is 6.29 Å². The van der Waals surface area contributed by atoms with Crippen molar-refractivity contribution in [1.82, 2.24) is 0 Å². The van der Waals surface area contributed by atoms with E-state index in [4.69, 9.17) is 24.4 Å². The van der Waals surface area contributed by atoms with Crippen molar-refractivity contribution >= 4 is 6.29 Å². The minimum absolute atomic E-state index is 0.178. The smallest absolute Gasteiger partial charge is 0.229 e. The van der Waals surface area contributed by atoms with Gasteiger partial charge in [0.1, 0.15) is 30.7 Å². The molecule has 1 saturated heterocycles. The van der Waals surface area contributed by atoms with Gasteiger partial charge in [0, 0.05) is 12.2 Å². The van der Waals surface area contributed by atoms with Crippen LogP contribution in [0.1, 0.15) is 17.3 Å². The third kappa shape index (κ3) is 5.36. The van der Waals surface area contributed by atoms with E-state index >= 15 is 0 Å². The highest BCUT2D eigenvalue weighted by Gasteiger charge is 2.44. The van der Waals surface area contributed by atoms with Crippen molar-refractivity contribution in [1.29, 1.82) is 0 Å². The van der Waals surface area contributed by atoms with Gasteiger partial charge in [0.15, 0.2) is 11.5 Å². The van der Waals surface area contributed by atoms with E-state index in [-0.39, 0.29) is 18.1 Å². The van der Waals surface area contributed by atoms with E-state index in [0.29, 0.717) is 11.8 Å². The number of aliphatic hydroxyl groups excluding tert-OH is 5. The lowest BCUT2D eigenvalue weighted by atomic mass is 9.99. The highest BCUT2D eigenvalue weighted by atomic mass is 16.7. The van der Waals surface area contributed by atoms with Crippen molar-refractivity contribution in [3.05, 3.63) is 23.8 Å². The van der Waals surface area contributed by atoms with Crippen LogP contribution in [0.25, 0.3) is 0 Å². The van der Waals surface area contributed by atoms with Crippen molar-refractivity contribution in [2.24, 2.45) is 0 Å². The van der Waals surface area contributed by atoms with E-state index in [2.05, 4.69) is 0 Å². The minimum Gasteiger partial charge on any atom is -0.493 e. The highest BCUT2D eigenvalue weighted by Crippen LogP contribution is 2.31. The van der Waals surface area contributed by atoms with Crippen LogP contribution in [-0.2, 0) is 4.74 Å². The Morgan fingerprint density at radius 2 is 1.76 bits per heavy atom. The van der Waals surface area contributed by atoms with E-state index in [1.54, 1.807) is 6.92 Å². The quantitative estimate of drug-likeness (QED) is 0.404. The van der Waals surface area contributed by atoms with Gasteiger partial charge >= 0.3 is 0 Å². The summed E-state index contributed by atoms with van der Waals surface area (Å²) in [5.41, 5.74) is 0.373. The molecule has 0 amide bonds. The molecule has 9 heteroatoms. The molecule has 0 unspecified atom stereocenters. The lowest BCUT2D eigenvalue weighted by Gasteiger charge is -2.39. The monoisotopic (exact) mass is 360 g/mol. The fraction of sp³-hybridized carbons (Fsp3) is 0.562. The molecule has 0 radical (unpaired) electrons. The van der Waals surface area contributed by atoms with Gasteiger partial charge in [-0.2, -0.15) is 0 Å². The molecule has 0 aromatic heterocycles. The molecule has 0 bridgehead atoms. The maximum absolute atomic E-state index is 10.7. The second-order valence-electron chi connectivity index (χ2n) is 5.16. The zero-order chi connectivity index (χ0) is 19.0. The third-order valence-corrected chi connectivity index (χ3v) is 3.42. The summed E-state index contributed by atoms with van der Waals surface area (Å²) >= 11 is 0. The normalized spacial score (nSPS) is 28.5. The van der Waals surface area contributed by atoms with Crippen molar-refractivity contribution < 1.29 is 44.5 Å². The zero-order valence-corrected chi connectivity index (χ0v) is 14.0. The van der Waals surface area contributed by atoms with Crippen LogP contribution < -0.4 is 9.47 Å². The van der Waals surface area contributed by atoms with Gasteiger partial charge in [0.25, 0.3) is 0 Å². The van der Waals surface area contributed by atoms with Crippen LogP contribution in [-0.4, -0.2) is 82.8 Å². The number of carbonyl (C=O) groups is 1. The highest BCUT2D eigenvalue weighted by molar-refractivity contribution is 5.76. The predicted molar refractivity (Wildman–Crippen MR) is 85.5 cm³/mol. The minimum atomic E-state index is -1.53. The van der Waals surface area contributed by atoms with Gasteiger partial charge in [-0.25, -0.2) is 0 Å². The number of hydrogen-bond acceptors (Lipinski definition) is 9. The Bertz CT molecular complexity index is 534. The summed E-state index contributed by atoms with van der Waals surface area (Å²) in [4.78, 5) is 10.7. The SMILES string of the molecule is CCO.COc1cc(C=O)ccc1O[C@@H]1O[C@H](CO)[C@@H](O)[C@H](O)[C@H]1O. The zero-order valence-electron chi connectivity index (χ0n) is 14.0. The van der Waals surface area contributed by atoms with Crippen LogP contribution in [0.15, 0.2) is 18.2 Å². The number of hydrogen-bond donors (Lipinski definition) is 5. The number of rotatable bonds is 5. The molecule has 1 aliphatic heterocycles. The Labute approximate surface area is 145 Å². The molecule has 9 nitrogen and oxygen atoms in total. The van der Waals surface area contributed by atoms with Gasteiger partial charge in [-0.15, -0.1) is 0 Å². The van der Waals surface area contributed by atoms with Crippen molar-refractivity contribution in [2.75, 3.05) is 20.3 Å². The second kappa shape index (κ2) is 10.3. The predicted octanol–water partition coefficient (Wildman–Crippen LogP) is -1.32. The van der Waals surface area contributed by atoms with Crippen molar-refractivity contribution in [2.45, 2.75) is 37.6 Å². The third-order valence-electron chi connectivity index (χ3n) is 3.42. The van der Waals surface area contributed by atoms with E-state index in [1.807, 2.05) is 0 Å². The molecule has 25 heavy (non-hydrogen) atoms. The number of benzene rings is 1. The largest absolute Gasteiger partial charge is 0.493 e. The van der Waals surface area contributed by atoms with Crippen LogP contribution in [0.5, 0.6) is 11.5 Å². The average molecular weight is 360 g/mol. The van der Waals surface area contributed by atoms with E-state index < -0.39 is 37.3 Å². The number of aliphatic hydroxyl groups is 5. The maximum Gasteiger partial charge on any atom is 0.229 e. The molecule has 1 aliphatic rings. The Hall–Kier alpha value is -1.75. The molecule has 0 spiro atoms. The first-order valence-electron chi connectivity index (χ1n) is 7.64. The molecule has 1 aromatic rings. The molecule has 0 saturated carbocycles. The Balaban J connectivity index is 0.000000970. The van der Waals surface area contributed by atoms with Gasteiger partial charge in [0.05, 0.1) is 13.7 Å². The molecule has 1 heterocycles. The van der Waals surface area contributed by atoms with E-state index in [0.717, 1.165) is 0 Å². The van der Waals surface area contributed by atoms with Gasteiger partial charge in [-0.3, -0.25) is 4.79 Å². The first kappa shape index (κ1) is 21.3. The van der Waals surface area contributed by atoms with Gasteiger partial charge < -0.3 is 39.7 Å². The fourth-order valence-corrected chi connectivity index (χ4v) is 2.14. The summed E-state index contributed by atoms with van der Waals surface area (Å²) in [6.07, 6.45) is -6.25. The second-order valence-corrected chi connectivity index (χ2v) is 5.16. The van der Waals surface area contributed by atoms with E-state index in [9.17, 15) is 20.1 Å². The topological polar surface area (TPSA) is 146 Å². The van der Waals surface area contributed by atoms with Crippen LogP contribution in [0.2, 0.25) is 0 Å². The molecule has 1 aromatic carbocycles. The Morgan fingerprint density at radius 1 is 1.12 bits per heavy atom. The summed E-state index contributed by atoms with van der Waals surface area (Å²) in [6, 6.07) is 4.37. The maximum atomic E-state index is 10.7. The molecule has 1 fully saturated rings. The summed E-state index contributed by atoms with van der Waals surface area (Å²) in [7, 11) is 1.38. The first-order valence-corrected chi connectivity index (χ1v) is 7.64.